The molecule has 2 amide bonds. The van der Waals surface area contributed by atoms with Gasteiger partial charge in [-0.1, -0.05) is 42.3 Å². The highest BCUT2D eigenvalue weighted by molar-refractivity contribution is 8.02. The Morgan fingerprint density at radius 2 is 1.93 bits per heavy atom. The Hall–Kier alpha value is -3.18. The van der Waals surface area contributed by atoms with E-state index in [1.165, 1.54) is 0 Å². The number of para-hydroxylation sites is 1. The molecule has 1 aromatic carbocycles. The maximum atomic E-state index is 14.7. The third kappa shape index (κ3) is 5.92. The van der Waals surface area contributed by atoms with E-state index in [1.807, 2.05) is 30.3 Å². The van der Waals surface area contributed by atoms with Gasteiger partial charge in [0, 0.05) is 24.4 Å². The van der Waals surface area contributed by atoms with Crippen LogP contribution in [-0.4, -0.2) is 89.5 Å². The zero-order chi connectivity index (χ0) is 31.3. The van der Waals surface area contributed by atoms with Crippen molar-refractivity contribution >= 4 is 40.6 Å². The third-order valence-electron chi connectivity index (χ3n) is 9.50. The number of esters is 1. The first-order valence-corrected chi connectivity index (χ1v) is 16.7. The van der Waals surface area contributed by atoms with Crippen LogP contribution in [-0.2, 0) is 25.8 Å². The van der Waals surface area contributed by atoms with Gasteiger partial charge in [0.25, 0.3) is 0 Å². The Morgan fingerprint density at radius 1 is 1.14 bits per heavy atom. The summed E-state index contributed by atoms with van der Waals surface area (Å²) in [6, 6.07) is 6.88. The van der Waals surface area contributed by atoms with Crippen molar-refractivity contribution in [1.29, 1.82) is 0 Å². The molecule has 1 N–H and O–H groups in total. The number of ether oxygens (including phenoxy) is 1. The second-order valence-corrected chi connectivity index (χ2v) is 14.3. The summed E-state index contributed by atoms with van der Waals surface area (Å²) in [5.41, 5.74) is 1.55. The minimum atomic E-state index is -0.718. The summed E-state index contributed by atoms with van der Waals surface area (Å²) in [4.78, 5) is 46.2. The predicted molar refractivity (Wildman–Crippen MR) is 170 cm³/mol. The Kier molecular flexibility index (Phi) is 10.1. The van der Waals surface area contributed by atoms with Crippen molar-refractivity contribution < 1.29 is 24.2 Å². The Labute approximate surface area is 263 Å². The van der Waals surface area contributed by atoms with Crippen LogP contribution in [0.1, 0.15) is 64.7 Å². The summed E-state index contributed by atoms with van der Waals surface area (Å²) in [5, 5.41) is 17.8. The van der Waals surface area contributed by atoms with E-state index in [1.54, 1.807) is 32.3 Å². The van der Waals surface area contributed by atoms with Crippen molar-refractivity contribution in [3.05, 3.63) is 49.6 Å². The number of fused-ring (bicyclic) bond motifs is 2. The molecule has 0 saturated carbocycles. The highest BCUT2D eigenvalue weighted by Crippen LogP contribution is 2.71. The highest BCUT2D eigenvalue weighted by atomic mass is 32.2. The number of aliphatic hydroxyl groups excluding tert-OH is 1. The Balaban J connectivity index is 1.44. The van der Waals surface area contributed by atoms with Crippen LogP contribution in [0.25, 0.3) is 11.0 Å². The number of allylic oxidation sites excluding steroid dienone is 1. The lowest BCUT2D eigenvalue weighted by Crippen LogP contribution is -2.55. The zero-order valence-corrected chi connectivity index (χ0v) is 26.6. The van der Waals surface area contributed by atoms with Crippen molar-refractivity contribution in [1.82, 2.24) is 24.8 Å². The average Bonchev–Trinajstić information content (AvgIpc) is 3.72. The maximum Gasteiger partial charge on any atom is 0.311 e. The molecule has 0 aliphatic carbocycles. The fourth-order valence-electron chi connectivity index (χ4n) is 7.43. The SMILES string of the molecule is C=CCCCCOC(=O)[C@@H]1[C@H]2C(=O)N(CCCCCCO)C(C(=O)N(CC=C)Cn3nnc4ccccc43)C23CC[C@@]1(C)S3. The van der Waals surface area contributed by atoms with Gasteiger partial charge in [0.1, 0.15) is 18.2 Å². The van der Waals surface area contributed by atoms with Gasteiger partial charge in [-0.3, -0.25) is 14.4 Å². The lowest BCUT2D eigenvalue weighted by molar-refractivity contribution is -0.155. The molecular formula is C33H45N5O5S. The largest absolute Gasteiger partial charge is 0.465 e. The number of thioether (sulfide) groups is 1. The number of hydrogen-bond acceptors (Lipinski definition) is 8. The minimum Gasteiger partial charge on any atom is -0.465 e. The van der Waals surface area contributed by atoms with E-state index < -0.39 is 27.4 Å². The Morgan fingerprint density at radius 3 is 2.70 bits per heavy atom. The van der Waals surface area contributed by atoms with Crippen LogP contribution < -0.4 is 0 Å². The van der Waals surface area contributed by atoms with E-state index in [0.717, 1.165) is 49.6 Å². The van der Waals surface area contributed by atoms with Gasteiger partial charge in [0.05, 0.1) is 28.7 Å². The molecule has 3 fully saturated rings. The monoisotopic (exact) mass is 623 g/mol. The standard InChI is InChI=1S/C33H45N5O5S/c1-4-6-7-14-22-43-31(42)27-26-29(40)37(20-12-8-9-13-21-39)28(33(26)18-17-32(27,3)44-33)30(41)36(19-5-2)23-38-25-16-11-10-15-24(25)34-35-38/h4-5,10-11,15-16,26-28,39H,1-2,6-9,12-14,17-23H2,3H3/t26-,27-,28?,32+,33?/m0/s1. The van der Waals surface area contributed by atoms with E-state index in [4.69, 9.17) is 4.74 Å². The molecule has 3 aliphatic heterocycles. The number of likely N-dealkylation sites (tertiary alicyclic amines) is 1. The van der Waals surface area contributed by atoms with Crippen molar-refractivity contribution in [2.75, 3.05) is 26.3 Å². The summed E-state index contributed by atoms with van der Waals surface area (Å²) in [6.07, 6.45) is 10.6. The van der Waals surface area contributed by atoms with Gasteiger partial charge in [0.15, 0.2) is 0 Å². The lowest BCUT2D eigenvalue weighted by Gasteiger charge is -2.37. The van der Waals surface area contributed by atoms with Crippen LogP contribution in [0.5, 0.6) is 0 Å². The number of hydrogen-bond donors (Lipinski definition) is 1. The lowest BCUT2D eigenvalue weighted by atomic mass is 9.66. The van der Waals surface area contributed by atoms with Crippen molar-refractivity contribution in [3.63, 3.8) is 0 Å². The van der Waals surface area contributed by atoms with Crippen LogP contribution in [0.4, 0.5) is 0 Å². The van der Waals surface area contributed by atoms with E-state index in [-0.39, 0.29) is 37.6 Å². The first kappa shape index (κ1) is 32.2. The first-order chi connectivity index (χ1) is 21.3. The maximum absolute atomic E-state index is 14.7. The van der Waals surface area contributed by atoms with Gasteiger partial charge in [0.2, 0.25) is 11.8 Å². The molecule has 10 nitrogen and oxygen atoms in total. The van der Waals surface area contributed by atoms with Gasteiger partial charge in [-0.2, -0.15) is 0 Å². The summed E-state index contributed by atoms with van der Waals surface area (Å²) < 4.78 is 6.30. The molecule has 1 spiro atoms. The summed E-state index contributed by atoms with van der Waals surface area (Å²) >= 11 is 1.66. The van der Waals surface area contributed by atoms with Gasteiger partial charge >= 0.3 is 5.97 Å². The van der Waals surface area contributed by atoms with E-state index >= 15 is 0 Å². The van der Waals surface area contributed by atoms with Gasteiger partial charge in [-0.25, -0.2) is 4.68 Å². The van der Waals surface area contributed by atoms with Crippen LogP contribution in [0.15, 0.2) is 49.6 Å². The number of rotatable bonds is 17. The number of aliphatic hydroxyl groups is 1. The molecule has 2 bridgehead atoms. The second kappa shape index (κ2) is 13.9. The van der Waals surface area contributed by atoms with Crippen molar-refractivity contribution in [2.24, 2.45) is 11.8 Å². The Bertz CT molecular complexity index is 1380. The average molecular weight is 624 g/mol. The second-order valence-electron chi connectivity index (χ2n) is 12.4. The highest BCUT2D eigenvalue weighted by Gasteiger charge is 2.77. The van der Waals surface area contributed by atoms with E-state index in [9.17, 15) is 19.5 Å². The number of aromatic nitrogens is 3. The molecule has 11 heteroatoms. The fourth-order valence-corrected chi connectivity index (χ4v) is 9.77. The number of carbonyl (C=O) groups excluding carboxylic acids is 3. The number of nitrogens with zero attached hydrogens (tertiary/aromatic N) is 5. The molecule has 238 valence electrons. The topological polar surface area (TPSA) is 118 Å². The van der Waals surface area contributed by atoms with Crippen molar-refractivity contribution in [2.45, 2.75) is 86.9 Å². The minimum absolute atomic E-state index is 0.125. The molecular weight excluding hydrogens is 578 g/mol. The molecule has 0 radical (unpaired) electrons. The fraction of sp³-hybridized carbons (Fsp3) is 0.606. The summed E-state index contributed by atoms with van der Waals surface area (Å²) in [6.45, 7) is 11.0. The van der Waals surface area contributed by atoms with E-state index in [0.29, 0.717) is 32.4 Å². The molecule has 5 rings (SSSR count). The molecule has 44 heavy (non-hydrogen) atoms. The number of benzene rings is 1. The summed E-state index contributed by atoms with van der Waals surface area (Å²) in [7, 11) is 0. The van der Waals surface area contributed by atoms with Crippen LogP contribution in [0.3, 0.4) is 0 Å². The zero-order valence-electron chi connectivity index (χ0n) is 25.7. The number of carbonyl (C=O) groups is 3. The van der Waals surface area contributed by atoms with Gasteiger partial charge < -0.3 is 19.6 Å². The molecule has 2 aromatic rings. The van der Waals surface area contributed by atoms with Crippen LogP contribution in [0, 0.1) is 11.8 Å². The third-order valence-corrected chi connectivity index (χ3v) is 11.5. The van der Waals surface area contributed by atoms with Gasteiger partial charge in [-0.05, 0) is 64.0 Å². The number of amides is 2. The van der Waals surface area contributed by atoms with Gasteiger partial charge in [-0.15, -0.1) is 30.0 Å². The first-order valence-electron chi connectivity index (χ1n) is 15.9. The predicted octanol–water partition coefficient (Wildman–Crippen LogP) is 4.34. The van der Waals surface area contributed by atoms with Crippen LogP contribution in [0.2, 0.25) is 0 Å². The quantitative estimate of drug-likeness (QED) is 0.157. The summed E-state index contributed by atoms with van der Waals surface area (Å²) in [5.74, 6) is -1.83. The molecule has 2 unspecified atom stereocenters. The molecule has 3 aliphatic rings. The smallest absolute Gasteiger partial charge is 0.311 e. The molecule has 5 atom stereocenters. The normalized spacial score (nSPS) is 27.1. The van der Waals surface area contributed by atoms with Crippen LogP contribution >= 0.6 is 11.8 Å². The molecule has 1 aromatic heterocycles. The molecule has 3 saturated heterocycles. The number of unbranched alkanes of at least 4 members (excludes halogenated alkanes) is 5. The van der Waals surface area contributed by atoms with E-state index in [2.05, 4.69) is 30.4 Å². The molecule has 4 heterocycles. The van der Waals surface area contributed by atoms with Crippen molar-refractivity contribution in [3.8, 4) is 0 Å².